The number of nitrogens with one attached hydrogen (secondary N) is 3. The second kappa shape index (κ2) is 16.2. The van der Waals surface area contributed by atoms with Crippen LogP contribution in [0.2, 0.25) is 0 Å². The standard InChI is InChI=1S/C22H34F2N3O8P/c1-3-34-36(33,35-4-2)14-20(29)25-8-6-5-7-19(27-22(31)32)21(30)26-18(13-28)11-15-9-16(23)12-17(24)10-15/h9-10,12,18-19,27-28H,3-8,11,13-14H2,1-2H3,(H,25,29)(H,26,30)(H,31,32)/t18-,19?/m0/s1. The summed E-state index contributed by atoms with van der Waals surface area (Å²) in [4.78, 5) is 35.8. The van der Waals surface area contributed by atoms with Gasteiger partial charge in [-0.05, 0) is 57.2 Å². The second-order valence-corrected chi connectivity index (χ2v) is 9.88. The number of hydrogen-bond donors (Lipinski definition) is 5. The minimum atomic E-state index is -3.53. The van der Waals surface area contributed by atoms with Crippen LogP contribution in [0.3, 0.4) is 0 Å². The molecule has 204 valence electrons. The van der Waals surface area contributed by atoms with Crippen LogP contribution in [0, 0.1) is 11.6 Å². The average molecular weight is 537 g/mol. The molecule has 3 amide bonds. The Labute approximate surface area is 208 Å². The normalized spacial score (nSPS) is 13.0. The van der Waals surface area contributed by atoms with Crippen LogP contribution in [0.15, 0.2) is 18.2 Å². The first-order chi connectivity index (χ1) is 17.0. The van der Waals surface area contributed by atoms with Gasteiger partial charge in [0.2, 0.25) is 11.8 Å². The fourth-order valence-electron chi connectivity index (χ4n) is 3.35. The van der Waals surface area contributed by atoms with E-state index in [1.807, 2.05) is 0 Å². The number of unbranched alkanes of at least 4 members (excludes halogenated alkanes) is 1. The van der Waals surface area contributed by atoms with Crippen molar-refractivity contribution in [3.8, 4) is 0 Å². The number of carbonyl (C=O) groups excluding carboxylic acids is 2. The zero-order chi connectivity index (χ0) is 27.1. The van der Waals surface area contributed by atoms with Crippen molar-refractivity contribution in [3.05, 3.63) is 35.4 Å². The predicted octanol–water partition coefficient (Wildman–Crippen LogP) is 2.17. The van der Waals surface area contributed by atoms with Crippen molar-refractivity contribution < 1.29 is 47.0 Å². The van der Waals surface area contributed by atoms with Gasteiger partial charge in [-0.2, -0.15) is 0 Å². The third-order valence-electron chi connectivity index (χ3n) is 4.82. The van der Waals surface area contributed by atoms with Crippen molar-refractivity contribution in [2.24, 2.45) is 0 Å². The molecule has 0 radical (unpaired) electrons. The topological polar surface area (TPSA) is 163 Å². The highest BCUT2D eigenvalue weighted by Crippen LogP contribution is 2.47. The Morgan fingerprint density at radius 2 is 1.64 bits per heavy atom. The predicted molar refractivity (Wildman–Crippen MR) is 127 cm³/mol. The number of carboxylic acid groups (broad SMARTS) is 1. The van der Waals surface area contributed by atoms with Crippen LogP contribution in [-0.2, 0) is 29.6 Å². The number of halogens is 2. The van der Waals surface area contributed by atoms with E-state index in [1.165, 1.54) is 0 Å². The van der Waals surface area contributed by atoms with Crippen molar-refractivity contribution in [3.63, 3.8) is 0 Å². The Balaban J connectivity index is 2.57. The van der Waals surface area contributed by atoms with E-state index in [2.05, 4.69) is 16.0 Å². The number of rotatable bonds is 17. The summed E-state index contributed by atoms with van der Waals surface area (Å²) < 4.78 is 49.3. The highest BCUT2D eigenvalue weighted by atomic mass is 31.2. The van der Waals surface area contributed by atoms with E-state index in [0.29, 0.717) is 18.9 Å². The van der Waals surface area contributed by atoms with Gasteiger partial charge >= 0.3 is 13.7 Å². The molecule has 0 fully saturated rings. The van der Waals surface area contributed by atoms with Crippen LogP contribution in [0.1, 0.15) is 38.7 Å². The fourth-order valence-corrected chi connectivity index (χ4v) is 4.86. The smallest absolute Gasteiger partial charge is 0.405 e. The minimum absolute atomic E-state index is 0.0733. The molecule has 0 saturated heterocycles. The van der Waals surface area contributed by atoms with Crippen LogP contribution >= 0.6 is 7.60 Å². The zero-order valence-electron chi connectivity index (χ0n) is 20.3. The molecule has 0 heterocycles. The lowest BCUT2D eigenvalue weighted by Crippen LogP contribution is -2.50. The monoisotopic (exact) mass is 537 g/mol. The quantitative estimate of drug-likeness (QED) is 0.149. The SMILES string of the molecule is CCOP(=O)(CC(=O)NCCCCC(NC(=O)O)C(=O)N[C@H](CO)Cc1cc(F)cc(F)c1)OCC. The number of aliphatic hydroxyl groups excluding tert-OH is 1. The molecular weight excluding hydrogens is 503 g/mol. The number of aliphatic hydroxyl groups is 1. The van der Waals surface area contributed by atoms with Crippen molar-refractivity contribution in [2.75, 3.05) is 32.5 Å². The van der Waals surface area contributed by atoms with Gasteiger partial charge in [-0.1, -0.05) is 0 Å². The highest BCUT2D eigenvalue weighted by molar-refractivity contribution is 7.54. The second-order valence-electron chi connectivity index (χ2n) is 7.82. The minimum Gasteiger partial charge on any atom is -0.465 e. The lowest BCUT2D eigenvalue weighted by atomic mass is 10.0. The van der Waals surface area contributed by atoms with Crippen LogP contribution in [0.5, 0.6) is 0 Å². The molecule has 5 N–H and O–H groups in total. The average Bonchev–Trinajstić information content (AvgIpc) is 2.76. The molecule has 0 aromatic heterocycles. The van der Waals surface area contributed by atoms with E-state index in [4.69, 9.17) is 14.2 Å². The van der Waals surface area contributed by atoms with E-state index >= 15 is 0 Å². The Bertz CT molecular complexity index is 891. The van der Waals surface area contributed by atoms with Gasteiger partial charge in [-0.25, -0.2) is 13.6 Å². The van der Waals surface area contributed by atoms with Gasteiger partial charge in [0.1, 0.15) is 23.8 Å². The van der Waals surface area contributed by atoms with E-state index in [-0.39, 0.29) is 38.2 Å². The number of amides is 3. The lowest BCUT2D eigenvalue weighted by molar-refractivity contribution is -0.124. The number of hydrogen-bond acceptors (Lipinski definition) is 7. The summed E-state index contributed by atoms with van der Waals surface area (Å²) in [6, 6.07) is 0.777. The van der Waals surface area contributed by atoms with Crippen LogP contribution in [-0.4, -0.2) is 72.7 Å². The molecule has 0 aliphatic heterocycles. The molecule has 11 nitrogen and oxygen atoms in total. The van der Waals surface area contributed by atoms with Crippen LogP contribution < -0.4 is 16.0 Å². The third-order valence-corrected chi connectivity index (χ3v) is 6.79. The summed E-state index contributed by atoms with van der Waals surface area (Å²) in [5.74, 6) is -2.85. The van der Waals surface area contributed by atoms with Crippen molar-refractivity contribution >= 4 is 25.5 Å². The van der Waals surface area contributed by atoms with Gasteiger partial charge in [0.05, 0.1) is 25.9 Å². The summed E-state index contributed by atoms with van der Waals surface area (Å²) in [5.41, 5.74) is 0.212. The third kappa shape index (κ3) is 12.4. The van der Waals surface area contributed by atoms with Gasteiger partial charge in [-0.3, -0.25) is 14.2 Å². The first-order valence-corrected chi connectivity index (χ1v) is 13.2. The van der Waals surface area contributed by atoms with E-state index in [0.717, 1.165) is 12.1 Å². The molecule has 1 unspecified atom stereocenters. The Kier molecular flexibility index (Phi) is 14.1. The summed E-state index contributed by atoms with van der Waals surface area (Å²) in [5, 5.41) is 25.8. The first-order valence-electron chi connectivity index (χ1n) is 11.5. The fraction of sp³-hybridized carbons (Fsp3) is 0.591. The number of carbonyl (C=O) groups is 3. The maximum absolute atomic E-state index is 13.4. The van der Waals surface area contributed by atoms with Crippen molar-refractivity contribution in [1.82, 2.24) is 16.0 Å². The molecule has 1 aromatic carbocycles. The lowest BCUT2D eigenvalue weighted by Gasteiger charge is -2.22. The van der Waals surface area contributed by atoms with E-state index in [1.54, 1.807) is 13.8 Å². The zero-order valence-corrected chi connectivity index (χ0v) is 21.2. The summed E-state index contributed by atoms with van der Waals surface area (Å²) in [6.07, 6.45) is -1.13. The van der Waals surface area contributed by atoms with Crippen molar-refractivity contribution in [2.45, 2.75) is 51.6 Å². The van der Waals surface area contributed by atoms with E-state index < -0.39 is 62.0 Å². The molecule has 0 aliphatic carbocycles. The number of benzene rings is 1. The first kappa shape index (κ1) is 31.4. The molecule has 0 aliphatic rings. The molecule has 1 aromatic rings. The van der Waals surface area contributed by atoms with Crippen molar-refractivity contribution in [1.29, 1.82) is 0 Å². The Hall–Kier alpha value is -2.60. The van der Waals surface area contributed by atoms with Gasteiger partial charge in [0.25, 0.3) is 0 Å². The summed E-state index contributed by atoms with van der Waals surface area (Å²) >= 11 is 0. The highest BCUT2D eigenvalue weighted by Gasteiger charge is 2.27. The van der Waals surface area contributed by atoms with Crippen LogP contribution in [0.25, 0.3) is 0 Å². The molecule has 0 bridgehead atoms. The molecule has 0 saturated carbocycles. The Morgan fingerprint density at radius 3 is 2.17 bits per heavy atom. The largest absolute Gasteiger partial charge is 0.465 e. The molecular formula is C22H34F2N3O8P. The van der Waals surface area contributed by atoms with E-state index in [9.17, 15) is 32.8 Å². The summed E-state index contributed by atoms with van der Waals surface area (Å²) in [7, 11) is -3.53. The van der Waals surface area contributed by atoms with Gasteiger partial charge < -0.3 is 35.2 Å². The van der Waals surface area contributed by atoms with Gasteiger partial charge in [-0.15, -0.1) is 0 Å². The van der Waals surface area contributed by atoms with Gasteiger partial charge in [0, 0.05) is 12.6 Å². The Morgan fingerprint density at radius 1 is 1.03 bits per heavy atom. The summed E-state index contributed by atoms with van der Waals surface area (Å²) in [6.45, 7) is 3.16. The maximum Gasteiger partial charge on any atom is 0.405 e. The van der Waals surface area contributed by atoms with Crippen LogP contribution in [0.4, 0.5) is 13.6 Å². The van der Waals surface area contributed by atoms with Gasteiger partial charge in [0.15, 0.2) is 0 Å². The molecule has 36 heavy (non-hydrogen) atoms. The maximum atomic E-state index is 13.4. The molecule has 1 rings (SSSR count). The molecule has 14 heteroatoms. The molecule has 0 spiro atoms. The molecule has 2 atom stereocenters.